The number of benzene rings is 1. The molecule has 0 unspecified atom stereocenters. The van der Waals surface area contributed by atoms with Crippen molar-refractivity contribution in [2.24, 2.45) is 0 Å². The van der Waals surface area contributed by atoms with Crippen LogP contribution < -0.4 is 9.64 Å². The highest BCUT2D eigenvalue weighted by Crippen LogP contribution is 2.20. The lowest BCUT2D eigenvalue weighted by atomic mass is 10.2. The standard InChI is InChI=1S/C22H24F2N6O/c1-16-17(13-26-30(16)21-14-25-15-22(27-21)31-2)4-3-5-28-6-8-29(9-7-28)20-11-18(23)10-19(24)12-20/h3-4,10-15H,5-9H2,1-2H3. The summed E-state index contributed by atoms with van der Waals surface area (Å²) in [6.07, 6.45) is 9.13. The van der Waals surface area contributed by atoms with E-state index in [9.17, 15) is 8.78 Å². The maximum Gasteiger partial charge on any atom is 0.234 e. The Labute approximate surface area is 179 Å². The zero-order valence-electron chi connectivity index (χ0n) is 17.5. The van der Waals surface area contributed by atoms with Crippen molar-refractivity contribution in [2.45, 2.75) is 6.92 Å². The van der Waals surface area contributed by atoms with Gasteiger partial charge in [-0.05, 0) is 19.1 Å². The van der Waals surface area contributed by atoms with Gasteiger partial charge in [-0.15, -0.1) is 0 Å². The van der Waals surface area contributed by atoms with Gasteiger partial charge in [0.15, 0.2) is 5.82 Å². The van der Waals surface area contributed by atoms with E-state index in [1.807, 2.05) is 17.9 Å². The summed E-state index contributed by atoms with van der Waals surface area (Å²) >= 11 is 0. The second kappa shape index (κ2) is 9.22. The lowest BCUT2D eigenvalue weighted by Crippen LogP contribution is -2.46. The van der Waals surface area contributed by atoms with Crippen molar-refractivity contribution < 1.29 is 13.5 Å². The molecule has 3 aromatic rings. The number of rotatable bonds is 6. The molecule has 9 heteroatoms. The van der Waals surface area contributed by atoms with Crippen LogP contribution >= 0.6 is 0 Å². The van der Waals surface area contributed by atoms with Crippen molar-refractivity contribution >= 4 is 11.8 Å². The lowest BCUT2D eigenvalue weighted by molar-refractivity contribution is 0.284. The van der Waals surface area contributed by atoms with E-state index in [1.54, 1.807) is 30.4 Å². The van der Waals surface area contributed by atoms with Crippen molar-refractivity contribution in [3.63, 3.8) is 0 Å². The Morgan fingerprint density at radius 1 is 1.03 bits per heavy atom. The monoisotopic (exact) mass is 426 g/mol. The van der Waals surface area contributed by atoms with Gasteiger partial charge in [0.2, 0.25) is 5.88 Å². The normalized spacial score (nSPS) is 15.0. The van der Waals surface area contributed by atoms with Gasteiger partial charge in [0, 0.05) is 50.0 Å². The first-order chi connectivity index (χ1) is 15.0. The highest BCUT2D eigenvalue weighted by molar-refractivity contribution is 5.52. The van der Waals surface area contributed by atoms with Gasteiger partial charge in [0.25, 0.3) is 0 Å². The molecular weight excluding hydrogens is 402 g/mol. The summed E-state index contributed by atoms with van der Waals surface area (Å²) in [7, 11) is 1.55. The molecule has 0 N–H and O–H groups in total. The molecule has 4 rings (SSSR count). The van der Waals surface area contributed by atoms with Crippen molar-refractivity contribution in [1.82, 2.24) is 24.6 Å². The quantitative estimate of drug-likeness (QED) is 0.604. The highest BCUT2D eigenvalue weighted by atomic mass is 19.1. The maximum atomic E-state index is 13.5. The predicted molar refractivity (Wildman–Crippen MR) is 114 cm³/mol. The van der Waals surface area contributed by atoms with Crippen LogP contribution in [0.25, 0.3) is 11.9 Å². The van der Waals surface area contributed by atoms with Gasteiger partial charge in [0.1, 0.15) is 11.6 Å². The second-order valence-electron chi connectivity index (χ2n) is 7.33. The first-order valence-corrected chi connectivity index (χ1v) is 10.0. The fraction of sp³-hybridized carbons (Fsp3) is 0.318. The van der Waals surface area contributed by atoms with Crippen molar-refractivity contribution in [3.8, 4) is 11.7 Å². The molecule has 0 spiro atoms. The lowest BCUT2D eigenvalue weighted by Gasteiger charge is -2.35. The molecule has 1 aliphatic heterocycles. The molecule has 1 aromatic carbocycles. The molecule has 1 fully saturated rings. The molecule has 7 nitrogen and oxygen atoms in total. The summed E-state index contributed by atoms with van der Waals surface area (Å²) in [5, 5.41) is 4.41. The van der Waals surface area contributed by atoms with Crippen LogP contribution in [0.5, 0.6) is 5.88 Å². The maximum absolute atomic E-state index is 13.5. The molecule has 0 radical (unpaired) electrons. The fourth-order valence-corrected chi connectivity index (χ4v) is 3.59. The minimum atomic E-state index is -0.545. The van der Waals surface area contributed by atoms with Crippen molar-refractivity contribution in [1.29, 1.82) is 0 Å². The van der Waals surface area contributed by atoms with Crippen LogP contribution in [0.4, 0.5) is 14.5 Å². The van der Waals surface area contributed by atoms with Crippen molar-refractivity contribution in [2.75, 3.05) is 44.7 Å². The van der Waals surface area contributed by atoms with Gasteiger partial charge in [-0.1, -0.05) is 12.2 Å². The second-order valence-corrected chi connectivity index (χ2v) is 7.33. The molecule has 0 bridgehead atoms. The van der Waals surface area contributed by atoms with E-state index in [-0.39, 0.29) is 0 Å². The Morgan fingerprint density at radius 3 is 2.48 bits per heavy atom. The average Bonchev–Trinajstić information content (AvgIpc) is 3.14. The minimum absolute atomic E-state index is 0.435. The van der Waals surface area contributed by atoms with E-state index >= 15 is 0 Å². The number of halogens is 2. The number of methoxy groups -OCH3 is 1. The van der Waals surface area contributed by atoms with E-state index in [1.165, 1.54) is 12.1 Å². The first kappa shape index (κ1) is 20.9. The molecule has 31 heavy (non-hydrogen) atoms. The SMILES string of the molecule is COc1cncc(-n2ncc(C=CCN3CCN(c4cc(F)cc(F)c4)CC3)c2C)n1. The molecule has 162 valence electrons. The molecule has 1 aliphatic rings. The molecular formula is C22H24F2N6O. The Balaban J connectivity index is 1.34. The summed E-state index contributed by atoms with van der Waals surface area (Å²) in [6.45, 7) is 5.85. The summed E-state index contributed by atoms with van der Waals surface area (Å²) in [5.41, 5.74) is 2.55. The first-order valence-electron chi connectivity index (χ1n) is 10.0. The van der Waals surface area contributed by atoms with Crippen LogP contribution in [0.1, 0.15) is 11.3 Å². The minimum Gasteiger partial charge on any atom is -0.480 e. The number of aromatic nitrogens is 4. The van der Waals surface area contributed by atoms with E-state index in [0.717, 1.165) is 50.0 Å². The van der Waals surface area contributed by atoms with Crippen LogP contribution in [0.3, 0.4) is 0 Å². The number of nitrogens with zero attached hydrogens (tertiary/aromatic N) is 6. The van der Waals surface area contributed by atoms with Gasteiger partial charge in [-0.3, -0.25) is 9.88 Å². The number of hydrogen-bond donors (Lipinski definition) is 0. The Bertz CT molecular complexity index is 1060. The number of piperazine rings is 1. The third-order valence-electron chi connectivity index (χ3n) is 5.32. The van der Waals surface area contributed by atoms with Gasteiger partial charge < -0.3 is 9.64 Å². The number of hydrogen-bond acceptors (Lipinski definition) is 6. The summed E-state index contributed by atoms with van der Waals surface area (Å²) in [6, 6.07) is 3.66. The van der Waals surface area contributed by atoms with Gasteiger partial charge in [0.05, 0.1) is 31.4 Å². The third-order valence-corrected chi connectivity index (χ3v) is 5.32. The van der Waals surface area contributed by atoms with Crippen molar-refractivity contribution in [3.05, 3.63) is 65.8 Å². The van der Waals surface area contributed by atoms with E-state index in [2.05, 4.69) is 26.0 Å². The Morgan fingerprint density at radius 2 is 1.77 bits per heavy atom. The molecule has 2 aromatic heterocycles. The van der Waals surface area contributed by atoms with Crippen LogP contribution in [0.15, 0.2) is 42.9 Å². The number of ether oxygens (including phenoxy) is 1. The zero-order chi connectivity index (χ0) is 21.8. The molecule has 1 saturated heterocycles. The third kappa shape index (κ3) is 4.88. The Kier molecular flexibility index (Phi) is 6.22. The van der Waals surface area contributed by atoms with Crippen LogP contribution in [0.2, 0.25) is 0 Å². The molecule has 0 atom stereocenters. The topological polar surface area (TPSA) is 59.3 Å². The van der Waals surface area contributed by atoms with Gasteiger partial charge in [-0.25, -0.2) is 13.5 Å². The number of anilines is 1. The summed E-state index contributed by atoms with van der Waals surface area (Å²) < 4.78 is 33.8. The van der Waals surface area contributed by atoms with Crippen LogP contribution in [0, 0.1) is 18.6 Å². The van der Waals surface area contributed by atoms with E-state index in [0.29, 0.717) is 17.4 Å². The van der Waals surface area contributed by atoms with Crippen LogP contribution in [-0.4, -0.2) is 64.5 Å². The summed E-state index contributed by atoms with van der Waals surface area (Å²) in [4.78, 5) is 12.8. The molecule has 0 saturated carbocycles. The van der Waals surface area contributed by atoms with Crippen LogP contribution in [-0.2, 0) is 0 Å². The fourth-order valence-electron chi connectivity index (χ4n) is 3.59. The summed E-state index contributed by atoms with van der Waals surface area (Å²) in [5.74, 6) is -0.0570. The largest absolute Gasteiger partial charge is 0.480 e. The van der Waals surface area contributed by atoms with E-state index < -0.39 is 11.6 Å². The average molecular weight is 426 g/mol. The van der Waals surface area contributed by atoms with Gasteiger partial charge >= 0.3 is 0 Å². The zero-order valence-corrected chi connectivity index (χ0v) is 17.5. The highest BCUT2D eigenvalue weighted by Gasteiger charge is 2.17. The molecule has 3 heterocycles. The predicted octanol–water partition coefficient (Wildman–Crippen LogP) is 3.09. The smallest absolute Gasteiger partial charge is 0.234 e. The molecule has 0 aliphatic carbocycles. The molecule has 0 amide bonds. The van der Waals surface area contributed by atoms with E-state index in [4.69, 9.17) is 4.74 Å². The van der Waals surface area contributed by atoms with Gasteiger partial charge in [-0.2, -0.15) is 10.1 Å². The Hall–Kier alpha value is -3.33.